The second kappa shape index (κ2) is 5.53. The number of amides is 1. The lowest BCUT2D eigenvalue weighted by Gasteiger charge is -2.23. The lowest BCUT2D eigenvalue weighted by Crippen LogP contribution is -2.35. The molecule has 0 aromatic carbocycles. The maximum atomic E-state index is 12.3. The van der Waals surface area contributed by atoms with Crippen LogP contribution in [0.25, 0.3) is 11.0 Å². The van der Waals surface area contributed by atoms with E-state index in [0.29, 0.717) is 16.7 Å². The average Bonchev–Trinajstić information content (AvgIpc) is 2.50. The number of nitrogens with zero attached hydrogens (tertiary/aromatic N) is 2. The molecule has 3 heterocycles. The maximum absolute atomic E-state index is 12.3. The molecule has 0 radical (unpaired) electrons. The molecule has 1 fully saturated rings. The van der Waals surface area contributed by atoms with E-state index in [4.69, 9.17) is 15.2 Å². The van der Waals surface area contributed by atoms with Crippen LogP contribution in [0.5, 0.6) is 5.88 Å². The summed E-state index contributed by atoms with van der Waals surface area (Å²) in [6.07, 6.45) is 3.69. The summed E-state index contributed by atoms with van der Waals surface area (Å²) >= 11 is 0. The van der Waals surface area contributed by atoms with Gasteiger partial charge in [0.25, 0.3) is 5.88 Å². The molecule has 0 spiro atoms. The third-order valence-electron chi connectivity index (χ3n) is 3.41. The Bertz CT molecular complexity index is 683. The number of primary amides is 1. The lowest BCUT2D eigenvalue weighted by molar-refractivity contribution is -0.590. The van der Waals surface area contributed by atoms with Crippen molar-refractivity contribution >= 4 is 16.9 Å². The summed E-state index contributed by atoms with van der Waals surface area (Å²) in [4.78, 5) is 15.4. The fourth-order valence-electron chi connectivity index (χ4n) is 2.36. The van der Waals surface area contributed by atoms with Crippen LogP contribution >= 0.6 is 0 Å². The van der Waals surface area contributed by atoms with Crippen molar-refractivity contribution in [2.45, 2.75) is 25.6 Å². The van der Waals surface area contributed by atoms with Crippen LogP contribution in [0.15, 0.2) is 24.4 Å². The summed E-state index contributed by atoms with van der Waals surface area (Å²) in [5.74, 6) is -0.504. The van der Waals surface area contributed by atoms with E-state index in [9.17, 15) is 10.0 Å². The maximum Gasteiger partial charge on any atom is 0.336 e. The Balaban J connectivity index is 1.98. The summed E-state index contributed by atoms with van der Waals surface area (Å²) < 4.78 is 11.6. The van der Waals surface area contributed by atoms with Gasteiger partial charge in [0.2, 0.25) is 12.2 Å². The molecule has 110 valence electrons. The van der Waals surface area contributed by atoms with Gasteiger partial charge in [-0.1, -0.05) is 0 Å². The summed E-state index contributed by atoms with van der Waals surface area (Å²) in [6.45, 7) is 0.626. The van der Waals surface area contributed by atoms with Crippen LogP contribution < -0.4 is 15.2 Å². The molecule has 2 aromatic heterocycles. The molecule has 1 atom stereocenters. The SMILES string of the molecule is NC(=O)c1ccnc2c1ccc(OC1CCCCO1)[n+]2[O-]. The number of pyridine rings is 2. The predicted octanol–water partition coefficient (Wildman–Crippen LogP) is 0.872. The highest BCUT2D eigenvalue weighted by atomic mass is 16.7. The predicted molar refractivity (Wildman–Crippen MR) is 73.4 cm³/mol. The van der Waals surface area contributed by atoms with Gasteiger partial charge in [0, 0.05) is 12.5 Å². The summed E-state index contributed by atoms with van der Waals surface area (Å²) in [6, 6.07) is 4.59. The molecule has 1 saturated heterocycles. The molecule has 2 aromatic rings. The highest BCUT2D eigenvalue weighted by molar-refractivity contribution is 6.03. The van der Waals surface area contributed by atoms with Crippen LogP contribution in [-0.2, 0) is 4.74 Å². The molecule has 0 aliphatic carbocycles. The van der Waals surface area contributed by atoms with E-state index in [0.717, 1.165) is 19.3 Å². The smallest absolute Gasteiger partial charge is 0.336 e. The topological polar surface area (TPSA) is 101 Å². The number of rotatable bonds is 3. The second-order valence-electron chi connectivity index (χ2n) is 4.84. The molecule has 1 aliphatic rings. The van der Waals surface area contributed by atoms with Crippen molar-refractivity contribution in [3.8, 4) is 5.88 Å². The van der Waals surface area contributed by atoms with Crippen molar-refractivity contribution in [3.63, 3.8) is 0 Å². The molecule has 1 aliphatic heterocycles. The van der Waals surface area contributed by atoms with Crippen LogP contribution in [0.4, 0.5) is 0 Å². The van der Waals surface area contributed by atoms with E-state index in [2.05, 4.69) is 4.98 Å². The minimum atomic E-state index is -0.605. The largest absolute Gasteiger partial charge is 0.708 e. The molecule has 0 bridgehead atoms. The number of aromatic nitrogens is 2. The number of carbonyl (C=O) groups excluding carboxylic acids is 1. The number of nitrogens with two attached hydrogens (primary N) is 1. The van der Waals surface area contributed by atoms with Crippen LogP contribution in [-0.4, -0.2) is 23.8 Å². The minimum absolute atomic E-state index is 0.0969. The van der Waals surface area contributed by atoms with E-state index in [1.54, 1.807) is 6.07 Å². The Labute approximate surface area is 120 Å². The zero-order valence-corrected chi connectivity index (χ0v) is 11.3. The molecule has 21 heavy (non-hydrogen) atoms. The lowest BCUT2D eigenvalue weighted by atomic mass is 10.1. The first-order valence-electron chi connectivity index (χ1n) is 6.76. The van der Waals surface area contributed by atoms with Crippen LogP contribution in [0.1, 0.15) is 29.6 Å². The zero-order valence-electron chi connectivity index (χ0n) is 11.3. The molecule has 7 heteroatoms. The van der Waals surface area contributed by atoms with Crippen molar-refractivity contribution < 1.29 is 19.0 Å². The van der Waals surface area contributed by atoms with E-state index in [-0.39, 0.29) is 17.1 Å². The molecular formula is C14H15N3O4. The number of ether oxygens (including phenoxy) is 2. The molecule has 7 nitrogen and oxygen atoms in total. The quantitative estimate of drug-likeness (QED) is 0.667. The van der Waals surface area contributed by atoms with Gasteiger partial charge in [0.1, 0.15) is 6.20 Å². The number of hydrogen-bond acceptors (Lipinski definition) is 5. The van der Waals surface area contributed by atoms with Gasteiger partial charge < -0.3 is 20.4 Å². The third kappa shape index (κ3) is 2.59. The van der Waals surface area contributed by atoms with Crippen molar-refractivity contribution in [3.05, 3.63) is 35.2 Å². The fourth-order valence-corrected chi connectivity index (χ4v) is 2.36. The standard InChI is InChI=1S/C14H15N3O4/c15-13(18)9-6-7-16-14-10(9)4-5-11(17(14)19)21-12-3-1-2-8-20-12/h4-7,12H,1-3,8H2,(H2,15,18). The van der Waals surface area contributed by atoms with Crippen molar-refractivity contribution in [1.29, 1.82) is 0 Å². The Hall–Kier alpha value is -2.41. The van der Waals surface area contributed by atoms with Gasteiger partial charge in [0.15, 0.2) is 0 Å². The van der Waals surface area contributed by atoms with Gasteiger partial charge in [-0.15, -0.1) is 0 Å². The van der Waals surface area contributed by atoms with E-state index >= 15 is 0 Å². The Morgan fingerprint density at radius 2 is 2.29 bits per heavy atom. The second-order valence-corrected chi connectivity index (χ2v) is 4.84. The molecular weight excluding hydrogens is 274 g/mol. The van der Waals surface area contributed by atoms with Gasteiger partial charge in [-0.25, -0.2) is 0 Å². The number of fused-ring (bicyclic) bond motifs is 1. The Kier molecular flexibility index (Phi) is 3.57. The van der Waals surface area contributed by atoms with Crippen LogP contribution in [0.3, 0.4) is 0 Å². The van der Waals surface area contributed by atoms with E-state index in [1.165, 1.54) is 18.3 Å². The molecule has 1 amide bonds. The molecule has 2 N–H and O–H groups in total. The third-order valence-corrected chi connectivity index (χ3v) is 3.41. The first kappa shape index (κ1) is 13.6. The Morgan fingerprint density at radius 3 is 3.00 bits per heavy atom. The van der Waals surface area contributed by atoms with Crippen molar-refractivity contribution in [2.75, 3.05) is 6.61 Å². The number of carbonyl (C=O) groups is 1. The van der Waals surface area contributed by atoms with Gasteiger partial charge in [-0.3, -0.25) is 4.79 Å². The molecule has 3 rings (SSSR count). The highest BCUT2D eigenvalue weighted by Gasteiger charge is 2.20. The van der Waals surface area contributed by atoms with Gasteiger partial charge in [-0.2, -0.15) is 4.73 Å². The molecule has 0 saturated carbocycles. The Morgan fingerprint density at radius 1 is 1.43 bits per heavy atom. The van der Waals surface area contributed by atoms with E-state index in [1.807, 2.05) is 0 Å². The summed E-state index contributed by atoms with van der Waals surface area (Å²) in [5.41, 5.74) is 5.64. The van der Waals surface area contributed by atoms with Gasteiger partial charge in [0.05, 0.1) is 17.6 Å². The van der Waals surface area contributed by atoms with Crippen LogP contribution in [0.2, 0.25) is 0 Å². The van der Waals surface area contributed by atoms with Crippen molar-refractivity contribution in [2.24, 2.45) is 5.73 Å². The number of hydrogen-bond donors (Lipinski definition) is 1. The first-order valence-corrected chi connectivity index (χ1v) is 6.76. The van der Waals surface area contributed by atoms with E-state index < -0.39 is 12.2 Å². The monoisotopic (exact) mass is 289 g/mol. The first-order chi connectivity index (χ1) is 10.2. The summed E-state index contributed by atoms with van der Waals surface area (Å²) in [7, 11) is 0. The average molecular weight is 289 g/mol. The van der Waals surface area contributed by atoms with Gasteiger partial charge >= 0.3 is 5.65 Å². The normalized spacial score (nSPS) is 18.6. The van der Waals surface area contributed by atoms with Crippen LogP contribution in [0, 0.1) is 5.21 Å². The fraction of sp³-hybridized carbons (Fsp3) is 0.357. The van der Waals surface area contributed by atoms with Gasteiger partial charge in [-0.05, 0) is 30.0 Å². The minimum Gasteiger partial charge on any atom is -0.708 e. The zero-order chi connectivity index (χ0) is 14.8. The highest BCUT2D eigenvalue weighted by Crippen LogP contribution is 2.20. The summed E-state index contributed by atoms with van der Waals surface area (Å²) in [5, 5.41) is 12.7. The molecule has 1 unspecified atom stereocenters. The van der Waals surface area contributed by atoms with Crippen molar-refractivity contribution in [1.82, 2.24) is 4.98 Å².